The van der Waals surface area contributed by atoms with E-state index in [1.54, 1.807) is 0 Å². The summed E-state index contributed by atoms with van der Waals surface area (Å²) < 4.78 is 26.8. The third-order valence-electron chi connectivity index (χ3n) is 2.61. The molecule has 0 saturated carbocycles. The molecule has 0 aromatic rings. The average Bonchev–Trinajstić information content (AvgIpc) is 2.24. The minimum absolute atomic E-state index is 0.102. The van der Waals surface area contributed by atoms with Crippen molar-refractivity contribution in [2.75, 3.05) is 19.0 Å². The van der Waals surface area contributed by atoms with Crippen LogP contribution in [0.3, 0.4) is 0 Å². The Hall–Kier alpha value is -0.130. The summed E-state index contributed by atoms with van der Waals surface area (Å²) >= 11 is 0. The van der Waals surface area contributed by atoms with Crippen LogP contribution in [-0.4, -0.2) is 27.4 Å². The summed E-state index contributed by atoms with van der Waals surface area (Å²) in [6, 6.07) is 0. The van der Waals surface area contributed by atoms with Crippen LogP contribution in [0.4, 0.5) is 0 Å². The third kappa shape index (κ3) is 15.9. The van der Waals surface area contributed by atoms with E-state index in [1.807, 2.05) is 0 Å². The van der Waals surface area contributed by atoms with Crippen molar-refractivity contribution < 1.29 is 13.2 Å². The van der Waals surface area contributed by atoms with Gasteiger partial charge in [-0.2, -0.15) is 0 Å². The first kappa shape index (κ1) is 16.9. The van der Waals surface area contributed by atoms with Gasteiger partial charge in [0, 0.05) is 13.2 Å². The monoisotopic (exact) mass is 265 g/mol. The first-order valence-corrected chi connectivity index (χ1v) is 8.36. The highest BCUT2D eigenvalue weighted by Crippen LogP contribution is 2.03. The fraction of sp³-hybridized carbons (Fsp3) is 1.00. The number of ether oxygens (including phenoxy) is 1. The molecule has 2 N–H and O–H groups in total. The standard InChI is InChI=1S/C12H27NO3S/c1-2-3-4-7-10-16-11-8-5-6-9-12-17(13,14)15/h2-12H2,1H3,(H2,13,14,15). The lowest BCUT2D eigenvalue weighted by Gasteiger charge is -2.04. The summed E-state index contributed by atoms with van der Waals surface area (Å²) in [4.78, 5) is 0. The van der Waals surface area contributed by atoms with Gasteiger partial charge >= 0.3 is 0 Å². The maximum atomic E-state index is 10.6. The summed E-state index contributed by atoms with van der Waals surface area (Å²) in [7, 11) is -3.27. The molecule has 0 bridgehead atoms. The minimum Gasteiger partial charge on any atom is -0.381 e. The van der Waals surface area contributed by atoms with Crippen LogP contribution in [0.15, 0.2) is 0 Å². The van der Waals surface area contributed by atoms with Gasteiger partial charge in [0.1, 0.15) is 0 Å². The van der Waals surface area contributed by atoms with E-state index >= 15 is 0 Å². The Bertz CT molecular complexity index is 252. The van der Waals surface area contributed by atoms with Gasteiger partial charge in [-0.15, -0.1) is 0 Å². The Morgan fingerprint density at radius 3 is 1.94 bits per heavy atom. The highest BCUT2D eigenvalue weighted by atomic mass is 32.2. The summed E-state index contributed by atoms with van der Waals surface area (Å²) in [5.41, 5.74) is 0. The van der Waals surface area contributed by atoms with Crippen LogP contribution >= 0.6 is 0 Å². The molecule has 0 aliphatic heterocycles. The van der Waals surface area contributed by atoms with Gasteiger partial charge in [0.2, 0.25) is 10.0 Å². The van der Waals surface area contributed by atoms with Crippen LogP contribution < -0.4 is 5.14 Å². The van der Waals surface area contributed by atoms with Crippen LogP contribution in [0.1, 0.15) is 58.3 Å². The molecule has 0 fully saturated rings. The van der Waals surface area contributed by atoms with Crippen molar-refractivity contribution in [2.24, 2.45) is 5.14 Å². The lowest BCUT2D eigenvalue weighted by Crippen LogP contribution is -2.16. The van der Waals surface area contributed by atoms with Crippen molar-refractivity contribution in [3.8, 4) is 0 Å². The van der Waals surface area contributed by atoms with E-state index in [0.717, 1.165) is 38.9 Å². The smallest absolute Gasteiger partial charge is 0.209 e. The first-order valence-electron chi connectivity index (χ1n) is 6.64. The summed E-state index contributed by atoms with van der Waals surface area (Å²) in [6.45, 7) is 3.85. The first-order chi connectivity index (χ1) is 8.06. The van der Waals surface area contributed by atoms with Crippen molar-refractivity contribution >= 4 is 10.0 Å². The Kier molecular flexibility index (Phi) is 10.9. The molecule has 0 rings (SSSR count). The Balaban J connectivity index is 3.04. The van der Waals surface area contributed by atoms with Crippen LogP contribution in [0.5, 0.6) is 0 Å². The maximum Gasteiger partial charge on any atom is 0.209 e. The Morgan fingerprint density at radius 2 is 1.41 bits per heavy atom. The normalized spacial score (nSPS) is 11.9. The Labute approximate surface area is 106 Å². The molecule has 0 amide bonds. The van der Waals surface area contributed by atoms with Gasteiger partial charge < -0.3 is 4.74 Å². The number of rotatable bonds is 12. The molecule has 5 heteroatoms. The van der Waals surface area contributed by atoms with Crippen molar-refractivity contribution in [1.29, 1.82) is 0 Å². The predicted molar refractivity (Wildman–Crippen MR) is 71.4 cm³/mol. The number of hydrogen-bond acceptors (Lipinski definition) is 3. The lowest BCUT2D eigenvalue weighted by molar-refractivity contribution is 0.126. The molecule has 0 spiro atoms. The van der Waals surface area contributed by atoms with E-state index in [1.165, 1.54) is 19.3 Å². The number of unbranched alkanes of at least 4 members (excludes halogenated alkanes) is 6. The third-order valence-corrected chi connectivity index (χ3v) is 3.47. The number of sulfonamides is 1. The van der Waals surface area contributed by atoms with Crippen LogP contribution in [-0.2, 0) is 14.8 Å². The van der Waals surface area contributed by atoms with Gasteiger partial charge in [-0.25, -0.2) is 13.6 Å². The zero-order chi connectivity index (χ0) is 13.0. The largest absolute Gasteiger partial charge is 0.381 e. The van der Waals surface area contributed by atoms with E-state index in [9.17, 15) is 8.42 Å². The summed E-state index contributed by atoms with van der Waals surface area (Å²) in [5.74, 6) is 0.102. The zero-order valence-electron chi connectivity index (χ0n) is 11.0. The maximum absolute atomic E-state index is 10.6. The van der Waals surface area contributed by atoms with E-state index in [2.05, 4.69) is 6.92 Å². The molecule has 0 atom stereocenters. The van der Waals surface area contributed by atoms with Crippen LogP contribution in [0, 0.1) is 0 Å². The molecule has 0 aliphatic rings. The molecule has 17 heavy (non-hydrogen) atoms. The SMILES string of the molecule is CCCCCCOCCCCCCS(N)(=O)=O. The van der Waals surface area contributed by atoms with Crippen LogP contribution in [0.2, 0.25) is 0 Å². The molecule has 0 unspecified atom stereocenters. The van der Waals surface area contributed by atoms with E-state index in [-0.39, 0.29) is 5.75 Å². The fourth-order valence-electron chi connectivity index (χ4n) is 1.59. The molecule has 0 aromatic carbocycles. The van der Waals surface area contributed by atoms with Crippen molar-refractivity contribution in [3.05, 3.63) is 0 Å². The molecule has 0 radical (unpaired) electrons. The number of hydrogen-bond donors (Lipinski definition) is 1. The summed E-state index contributed by atoms with van der Waals surface area (Å²) in [6.07, 6.45) is 8.55. The molecule has 104 valence electrons. The minimum atomic E-state index is -3.27. The van der Waals surface area contributed by atoms with Gasteiger partial charge in [0.05, 0.1) is 5.75 Å². The molecule has 0 heterocycles. The van der Waals surface area contributed by atoms with Gasteiger partial charge in [0.15, 0.2) is 0 Å². The highest BCUT2D eigenvalue weighted by Gasteiger charge is 2.01. The number of primary sulfonamides is 1. The quantitative estimate of drug-likeness (QED) is 0.551. The predicted octanol–water partition coefficient (Wildman–Crippen LogP) is 2.43. The van der Waals surface area contributed by atoms with Crippen molar-refractivity contribution in [3.63, 3.8) is 0 Å². The molecular weight excluding hydrogens is 238 g/mol. The van der Waals surface area contributed by atoms with Gasteiger partial charge in [-0.3, -0.25) is 0 Å². The van der Waals surface area contributed by atoms with Gasteiger partial charge in [-0.1, -0.05) is 39.0 Å². The van der Waals surface area contributed by atoms with Crippen molar-refractivity contribution in [2.45, 2.75) is 58.3 Å². The number of nitrogens with two attached hydrogens (primary N) is 1. The van der Waals surface area contributed by atoms with Crippen LogP contribution in [0.25, 0.3) is 0 Å². The van der Waals surface area contributed by atoms with Crippen molar-refractivity contribution in [1.82, 2.24) is 0 Å². The average molecular weight is 265 g/mol. The second-order valence-electron chi connectivity index (χ2n) is 4.45. The Morgan fingerprint density at radius 1 is 0.882 bits per heavy atom. The lowest BCUT2D eigenvalue weighted by atomic mass is 10.2. The molecule has 4 nitrogen and oxygen atoms in total. The van der Waals surface area contributed by atoms with E-state index in [0.29, 0.717) is 6.42 Å². The van der Waals surface area contributed by atoms with E-state index < -0.39 is 10.0 Å². The second kappa shape index (κ2) is 11.0. The fourth-order valence-corrected chi connectivity index (χ4v) is 2.20. The molecule has 0 saturated heterocycles. The molecule has 0 aliphatic carbocycles. The topological polar surface area (TPSA) is 69.4 Å². The highest BCUT2D eigenvalue weighted by molar-refractivity contribution is 7.89. The second-order valence-corrected chi connectivity index (χ2v) is 6.19. The molecule has 0 aromatic heterocycles. The van der Waals surface area contributed by atoms with Gasteiger partial charge in [-0.05, 0) is 19.3 Å². The summed E-state index contributed by atoms with van der Waals surface area (Å²) in [5, 5.41) is 4.90. The van der Waals surface area contributed by atoms with Gasteiger partial charge in [0.25, 0.3) is 0 Å². The zero-order valence-corrected chi connectivity index (χ0v) is 11.8. The molecular formula is C12H27NO3S. The van der Waals surface area contributed by atoms with E-state index in [4.69, 9.17) is 9.88 Å².